The molecular weight excluding hydrogens is 306 g/mol. The van der Waals surface area contributed by atoms with Gasteiger partial charge in [-0.05, 0) is 37.1 Å². The van der Waals surface area contributed by atoms with Crippen LogP contribution in [0.2, 0.25) is 0 Å². The monoisotopic (exact) mass is 325 g/mol. The summed E-state index contributed by atoms with van der Waals surface area (Å²) in [5.74, 6) is 0. The fourth-order valence-electron chi connectivity index (χ4n) is 2.59. The number of hydrogen-bond acceptors (Lipinski definition) is 2. The zero-order chi connectivity index (χ0) is 16.3. The maximum Gasteiger partial charge on any atom is 0.264 e. The average Bonchev–Trinajstić information content (AvgIpc) is 2.82. The molecule has 2 aromatic carbocycles. The molecule has 0 fully saturated rings. The maximum absolute atomic E-state index is 13.1. The molecule has 0 radical (unpaired) electrons. The summed E-state index contributed by atoms with van der Waals surface area (Å²) in [7, 11) is -3.57. The van der Waals surface area contributed by atoms with Gasteiger partial charge in [-0.1, -0.05) is 60.2 Å². The molecule has 1 heterocycles. The van der Waals surface area contributed by atoms with E-state index >= 15 is 0 Å². The van der Waals surface area contributed by atoms with Gasteiger partial charge in [0.05, 0.1) is 10.6 Å². The molecular formula is C19H19NO2S. The maximum atomic E-state index is 13.1. The van der Waals surface area contributed by atoms with Gasteiger partial charge in [-0.3, -0.25) is 4.31 Å². The van der Waals surface area contributed by atoms with E-state index in [1.807, 2.05) is 67.6 Å². The first-order valence-corrected chi connectivity index (χ1v) is 9.05. The summed E-state index contributed by atoms with van der Waals surface area (Å²) in [5, 5.41) is 0. The SMILES string of the molecule is Cc1ccc(S(=O)(=O)N2CCC=CC=C2c2ccccc2)cc1. The predicted octanol–water partition coefficient (Wildman–Crippen LogP) is 3.99. The predicted molar refractivity (Wildman–Crippen MR) is 93.2 cm³/mol. The summed E-state index contributed by atoms with van der Waals surface area (Å²) >= 11 is 0. The number of hydrogen-bond donors (Lipinski definition) is 0. The molecule has 0 amide bonds. The molecule has 0 unspecified atom stereocenters. The van der Waals surface area contributed by atoms with Crippen LogP contribution in [0.25, 0.3) is 5.70 Å². The van der Waals surface area contributed by atoms with Gasteiger partial charge in [0.2, 0.25) is 0 Å². The minimum absolute atomic E-state index is 0.326. The highest BCUT2D eigenvalue weighted by molar-refractivity contribution is 7.89. The molecule has 0 N–H and O–H groups in total. The first-order valence-electron chi connectivity index (χ1n) is 7.61. The van der Waals surface area contributed by atoms with Gasteiger partial charge in [0, 0.05) is 6.54 Å². The van der Waals surface area contributed by atoms with Gasteiger partial charge in [0.15, 0.2) is 0 Å². The lowest BCUT2D eigenvalue weighted by atomic mass is 10.1. The third-order valence-electron chi connectivity index (χ3n) is 3.84. The number of rotatable bonds is 3. The highest BCUT2D eigenvalue weighted by Gasteiger charge is 2.27. The van der Waals surface area contributed by atoms with Crippen molar-refractivity contribution in [2.24, 2.45) is 0 Å². The molecule has 3 nitrogen and oxygen atoms in total. The lowest BCUT2D eigenvalue weighted by Crippen LogP contribution is -2.30. The van der Waals surface area contributed by atoms with Crippen molar-refractivity contribution in [1.29, 1.82) is 0 Å². The largest absolute Gasteiger partial charge is 0.265 e. The Morgan fingerprint density at radius 3 is 2.35 bits per heavy atom. The summed E-state index contributed by atoms with van der Waals surface area (Å²) in [5.41, 5.74) is 2.65. The van der Waals surface area contributed by atoms with Gasteiger partial charge in [0.1, 0.15) is 0 Å². The van der Waals surface area contributed by atoms with Crippen molar-refractivity contribution in [3.05, 3.63) is 84.0 Å². The van der Waals surface area contributed by atoms with Gasteiger partial charge in [-0.2, -0.15) is 0 Å². The first kappa shape index (κ1) is 15.6. The standard InChI is InChI=1S/C19H19NO2S/c1-16-11-13-18(14-12-16)23(21,22)20-15-7-3-6-10-19(20)17-8-4-2-5-9-17/h2-6,8-14H,7,15H2,1H3. The fourth-order valence-corrected chi connectivity index (χ4v) is 4.09. The van der Waals surface area contributed by atoms with Gasteiger partial charge >= 0.3 is 0 Å². The molecule has 1 aliphatic rings. The second kappa shape index (κ2) is 6.42. The van der Waals surface area contributed by atoms with Crippen molar-refractivity contribution in [1.82, 2.24) is 4.31 Å². The smallest absolute Gasteiger partial charge is 0.264 e. The molecule has 0 bridgehead atoms. The Morgan fingerprint density at radius 1 is 0.957 bits per heavy atom. The second-order valence-electron chi connectivity index (χ2n) is 5.52. The molecule has 0 aliphatic carbocycles. The van der Waals surface area contributed by atoms with Crippen molar-refractivity contribution < 1.29 is 8.42 Å². The van der Waals surface area contributed by atoms with Gasteiger partial charge in [-0.25, -0.2) is 8.42 Å². The number of aryl methyl sites for hydroxylation is 1. The van der Waals surface area contributed by atoms with Crippen LogP contribution in [-0.2, 0) is 10.0 Å². The van der Waals surface area contributed by atoms with Crippen LogP contribution in [0.3, 0.4) is 0 Å². The quantitative estimate of drug-likeness (QED) is 0.856. The van der Waals surface area contributed by atoms with Gasteiger partial charge in [0.25, 0.3) is 10.0 Å². The normalized spacial score (nSPS) is 15.2. The highest BCUT2D eigenvalue weighted by Crippen LogP contribution is 2.28. The molecule has 0 saturated carbocycles. The second-order valence-corrected chi connectivity index (χ2v) is 7.39. The first-order chi connectivity index (χ1) is 11.1. The highest BCUT2D eigenvalue weighted by atomic mass is 32.2. The molecule has 2 aromatic rings. The lowest BCUT2D eigenvalue weighted by molar-refractivity contribution is 0.514. The van der Waals surface area contributed by atoms with Crippen molar-refractivity contribution in [2.75, 3.05) is 6.54 Å². The van der Waals surface area contributed by atoms with Crippen LogP contribution in [0, 0.1) is 6.92 Å². The van der Waals surface area contributed by atoms with Crippen LogP contribution < -0.4 is 0 Å². The average molecular weight is 325 g/mol. The van der Waals surface area contributed by atoms with E-state index in [0.717, 1.165) is 11.1 Å². The van der Waals surface area contributed by atoms with Crippen LogP contribution in [0.4, 0.5) is 0 Å². The minimum atomic E-state index is -3.57. The van der Waals surface area contributed by atoms with E-state index in [1.165, 1.54) is 4.31 Å². The summed E-state index contributed by atoms with van der Waals surface area (Å²) in [6.45, 7) is 2.38. The third kappa shape index (κ3) is 3.22. The Morgan fingerprint density at radius 2 is 1.65 bits per heavy atom. The van der Waals surface area contributed by atoms with Crippen LogP contribution >= 0.6 is 0 Å². The topological polar surface area (TPSA) is 37.4 Å². The van der Waals surface area contributed by atoms with E-state index in [1.54, 1.807) is 12.1 Å². The van der Waals surface area contributed by atoms with E-state index < -0.39 is 10.0 Å². The van der Waals surface area contributed by atoms with Crippen LogP contribution in [0.1, 0.15) is 17.5 Å². The molecule has 0 saturated heterocycles. The van der Waals surface area contributed by atoms with Crippen molar-refractivity contribution >= 4 is 15.7 Å². The van der Waals surface area contributed by atoms with E-state index in [0.29, 0.717) is 23.6 Å². The van der Waals surface area contributed by atoms with E-state index in [4.69, 9.17) is 0 Å². The van der Waals surface area contributed by atoms with E-state index in [-0.39, 0.29) is 0 Å². The zero-order valence-electron chi connectivity index (χ0n) is 13.0. The number of nitrogens with zero attached hydrogens (tertiary/aromatic N) is 1. The summed E-state index contributed by atoms with van der Waals surface area (Å²) in [6, 6.07) is 16.6. The van der Waals surface area contributed by atoms with Crippen LogP contribution in [0.15, 0.2) is 77.7 Å². The molecule has 0 atom stereocenters. The Bertz CT molecular complexity index is 835. The molecule has 0 spiro atoms. The molecule has 23 heavy (non-hydrogen) atoms. The van der Waals surface area contributed by atoms with Crippen molar-refractivity contribution in [2.45, 2.75) is 18.2 Å². The summed E-state index contributed by atoms with van der Waals surface area (Å²) < 4.78 is 27.7. The Kier molecular flexibility index (Phi) is 4.35. The molecule has 118 valence electrons. The van der Waals surface area contributed by atoms with Crippen molar-refractivity contribution in [3.8, 4) is 0 Å². The molecule has 1 aliphatic heterocycles. The van der Waals surface area contributed by atoms with Crippen molar-refractivity contribution in [3.63, 3.8) is 0 Å². The van der Waals surface area contributed by atoms with E-state index in [9.17, 15) is 8.42 Å². The molecule has 4 heteroatoms. The molecule has 0 aromatic heterocycles. The van der Waals surface area contributed by atoms with Gasteiger partial charge < -0.3 is 0 Å². The van der Waals surface area contributed by atoms with Gasteiger partial charge in [-0.15, -0.1) is 0 Å². The lowest BCUT2D eigenvalue weighted by Gasteiger charge is -2.26. The Balaban J connectivity index is 2.06. The number of benzene rings is 2. The fraction of sp³-hybridized carbons (Fsp3) is 0.158. The minimum Gasteiger partial charge on any atom is -0.265 e. The zero-order valence-corrected chi connectivity index (χ0v) is 13.8. The third-order valence-corrected chi connectivity index (χ3v) is 5.66. The molecule has 3 rings (SSSR count). The van der Waals surface area contributed by atoms with E-state index in [2.05, 4.69) is 0 Å². The van der Waals surface area contributed by atoms with Crippen LogP contribution in [0.5, 0.6) is 0 Å². The number of allylic oxidation sites excluding steroid dienone is 2. The van der Waals surface area contributed by atoms with Crippen LogP contribution in [-0.4, -0.2) is 19.3 Å². The summed E-state index contributed by atoms with van der Waals surface area (Å²) in [6.07, 6.45) is 6.48. The number of sulfonamides is 1. The Hall–Kier alpha value is -2.33. The summed E-state index contributed by atoms with van der Waals surface area (Å²) in [4.78, 5) is 0.326. The Labute approximate surface area is 137 Å².